The van der Waals surface area contributed by atoms with E-state index in [1.54, 1.807) is 12.1 Å². The minimum Gasteiger partial charge on any atom is -0.493 e. The SMILES string of the molecule is COc1cccc(C=CC(=O)NCCOc2ccccc2)c1OC(F)F. The Morgan fingerprint density at radius 2 is 1.92 bits per heavy atom. The summed E-state index contributed by atoms with van der Waals surface area (Å²) in [5, 5.41) is 2.64. The average Bonchev–Trinajstić information content (AvgIpc) is 2.64. The quantitative estimate of drug-likeness (QED) is 0.547. The normalized spacial score (nSPS) is 10.8. The van der Waals surface area contributed by atoms with Gasteiger partial charge in [0.05, 0.1) is 13.7 Å². The standard InChI is InChI=1S/C19H19F2NO4/c1-24-16-9-5-6-14(18(16)26-19(20)21)10-11-17(23)22-12-13-25-15-7-3-2-4-8-15/h2-11,19H,12-13H2,1H3,(H,22,23). The number of carbonyl (C=O) groups excluding carboxylic acids is 1. The van der Waals surface area contributed by atoms with E-state index in [-0.39, 0.29) is 17.4 Å². The van der Waals surface area contributed by atoms with Crippen molar-refractivity contribution in [3.8, 4) is 17.2 Å². The van der Waals surface area contributed by atoms with Gasteiger partial charge in [-0.15, -0.1) is 0 Å². The van der Waals surface area contributed by atoms with Gasteiger partial charge in [0.2, 0.25) is 5.91 Å². The molecule has 0 radical (unpaired) electrons. The average molecular weight is 363 g/mol. The Balaban J connectivity index is 1.89. The first-order valence-corrected chi connectivity index (χ1v) is 7.85. The zero-order valence-corrected chi connectivity index (χ0v) is 14.2. The molecule has 1 N–H and O–H groups in total. The first-order valence-electron chi connectivity index (χ1n) is 7.85. The van der Waals surface area contributed by atoms with E-state index in [0.29, 0.717) is 24.5 Å². The van der Waals surface area contributed by atoms with Crippen LogP contribution >= 0.6 is 0 Å². The predicted molar refractivity (Wildman–Crippen MR) is 93.6 cm³/mol. The number of hydrogen-bond acceptors (Lipinski definition) is 4. The molecule has 0 saturated carbocycles. The van der Waals surface area contributed by atoms with Crippen molar-refractivity contribution in [1.82, 2.24) is 5.32 Å². The first-order chi connectivity index (χ1) is 12.6. The maximum absolute atomic E-state index is 12.6. The minimum absolute atomic E-state index is 0.124. The van der Waals surface area contributed by atoms with Crippen LogP contribution in [0.4, 0.5) is 8.78 Å². The number of alkyl halides is 2. The summed E-state index contributed by atoms with van der Waals surface area (Å²) in [6.45, 7) is -2.39. The largest absolute Gasteiger partial charge is 0.493 e. The molecule has 0 aliphatic heterocycles. The fourth-order valence-electron chi connectivity index (χ4n) is 2.12. The third-order valence-electron chi connectivity index (χ3n) is 3.26. The van der Waals surface area contributed by atoms with Crippen LogP contribution in [0.15, 0.2) is 54.6 Å². The van der Waals surface area contributed by atoms with Crippen LogP contribution in [-0.4, -0.2) is 32.8 Å². The van der Waals surface area contributed by atoms with E-state index >= 15 is 0 Å². The van der Waals surface area contributed by atoms with E-state index in [1.165, 1.54) is 25.3 Å². The zero-order valence-electron chi connectivity index (χ0n) is 14.2. The molecular weight excluding hydrogens is 344 g/mol. The molecule has 1 amide bonds. The Morgan fingerprint density at radius 1 is 1.15 bits per heavy atom. The van der Waals surface area contributed by atoms with Crippen molar-refractivity contribution in [1.29, 1.82) is 0 Å². The number of hydrogen-bond donors (Lipinski definition) is 1. The highest BCUT2D eigenvalue weighted by molar-refractivity contribution is 5.92. The third-order valence-corrected chi connectivity index (χ3v) is 3.26. The smallest absolute Gasteiger partial charge is 0.387 e. The molecule has 138 valence electrons. The summed E-state index contributed by atoms with van der Waals surface area (Å²) in [7, 11) is 1.35. The van der Waals surface area contributed by atoms with Gasteiger partial charge in [0.15, 0.2) is 11.5 Å². The monoisotopic (exact) mass is 363 g/mol. The van der Waals surface area contributed by atoms with Gasteiger partial charge in [0.25, 0.3) is 0 Å². The highest BCUT2D eigenvalue weighted by Gasteiger charge is 2.13. The summed E-state index contributed by atoms with van der Waals surface area (Å²) in [4.78, 5) is 11.8. The summed E-state index contributed by atoms with van der Waals surface area (Å²) in [6, 6.07) is 13.9. The van der Waals surface area contributed by atoms with Crippen LogP contribution in [0.3, 0.4) is 0 Å². The summed E-state index contributed by atoms with van der Waals surface area (Å²) < 4.78 is 40.1. The molecule has 2 aromatic carbocycles. The number of benzene rings is 2. The second kappa shape index (κ2) is 10.0. The lowest BCUT2D eigenvalue weighted by Crippen LogP contribution is -2.26. The molecule has 0 aliphatic rings. The number of halogens is 2. The number of ether oxygens (including phenoxy) is 3. The lowest BCUT2D eigenvalue weighted by atomic mass is 10.1. The molecule has 0 saturated heterocycles. The number of methoxy groups -OCH3 is 1. The van der Waals surface area contributed by atoms with Crippen LogP contribution in [0.25, 0.3) is 6.08 Å². The molecule has 5 nitrogen and oxygen atoms in total. The van der Waals surface area contributed by atoms with Crippen LogP contribution in [0, 0.1) is 0 Å². The highest BCUT2D eigenvalue weighted by atomic mass is 19.3. The van der Waals surface area contributed by atoms with Gasteiger partial charge in [0, 0.05) is 11.6 Å². The van der Waals surface area contributed by atoms with Crippen LogP contribution in [0.5, 0.6) is 17.2 Å². The molecule has 0 spiro atoms. The van der Waals surface area contributed by atoms with Gasteiger partial charge in [0.1, 0.15) is 12.4 Å². The Kier molecular flexibility index (Phi) is 7.42. The molecule has 0 aromatic heterocycles. The Labute approximate surface area is 150 Å². The number of carbonyl (C=O) groups is 1. The molecule has 0 aliphatic carbocycles. The third kappa shape index (κ3) is 6.08. The van der Waals surface area contributed by atoms with Crippen molar-refractivity contribution in [2.45, 2.75) is 6.61 Å². The van der Waals surface area contributed by atoms with Crippen LogP contribution in [-0.2, 0) is 4.79 Å². The molecule has 0 heterocycles. The number of nitrogens with one attached hydrogen (secondary N) is 1. The van der Waals surface area contributed by atoms with Crippen molar-refractivity contribution >= 4 is 12.0 Å². The molecule has 2 aromatic rings. The number of rotatable bonds is 9. The van der Waals surface area contributed by atoms with Gasteiger partial charge >= 0.3 is 6.61 Å². The van der Waals surface area contributed by atoms with Crippen molar-refractivity contribution in [2.75, 3.05) is 20.3 Å². The van der Waals surface area contributed by atoms with Crippen molar-refractivity contribution < 1.29 is 27.8 Å². The van der Waals surface area contributed by atoms with Gasteiger partial charge in [-0.2, -0.15) is 8.78 Å². The summed E-state index contributed by atoms with van der Waals surface area (Å²) in [6.07, 6.45) is 2.61. The summed E-state index contributed by atoms with van der Waals surface area (Å²) >= 11 is 0. The fourth-order valence-corrected chi connectivity index (χ4v) is 2.12. The topological polar surface area (TPSA) is 56.8 Å². The molecule has 0 bridgehead atoms. The van der Waals surface area contributed by atoms with E-state index in [2.05, 4.69) is 10.1 Å². The second-order valence-corrected chi connectivity index (χ2v) is 5.04. The van der Waals surface area contributed by atoms with E-state index in [9.17, 15) is 13.6 Å². The molecule has 7 heteroatoms. The van der Waals surface area contributed by atoms with Gasteiger partial charge in [-0.3, -0.25) is 4.79 Å². The second-order valence-electron chi connectivity index (χ2n) is 5.04. The van der Waals surface area contributed by atoms with E-state index in [4.69, 9.17) is 9.47 Å². The fraction of sp³-hybridized carbons (Fsp3) is 0.211. The summed E-state index contributed by atoms with van der Waals surface area (Å²) in [5.74, 6) is 0.362. The van der Waals surface area contributed by atoms with Crippen LogP contribution in [0.1, 0.15) is 5.56 Å². The van der Waals surface area contributed by atoms with Crippen molar-refractivity contribution in [3.63, 3.8) is 0 Å². The molecule has 0 fully saturated rings. The van der Waals surface area contributed by atoms with Gasteiger partial charge < -0.3 is 19.5 Å². The Hall–Kier alpha value is -3.09. The number of para-hydroxylation sites is 2. The van der Waals surface area contributed by atoms with Gasteiger partial charge in [-0.05, 0) is 24.3 Å². The van der Waals surface area contributed by atoms with Gasteiger partial charge in [-0.25, -0.2) is 0 Å². The first kappa shape index (κ1) is 19.2. The number of amides is 1. The summed E-state index contributed by atoms with van der Waals surface area (Å²) in [5.41, 5.74) is 0.306. The molecule has 26 heavy (non-hydrogen) atoms. The van der Waals surface area contributed by atoms with Crippen LogP contribution in [0.2, 0.25) is 0 Å². The highest BCUT2D eigenvalue weighted by Crippen LogP contribution is 2.33. The predicted octanol–water partition coefficient (Wildman–Crippen LogP) is 3.51. The van der Waals surface area contributed by atoms with E-state index in [1.807, 2.05) is 30.3 Å². The van der Waals surface area contributed by atoms with Crippen LogP contribution < -0.4 is 19.5 Å². The lowest BCUT2D eigenvalue weighted by molar-refractivity contribution is -0.116. The lowest BCUT2D eigenvalue weighted by Gasteiger charge is -2.12. The molecule has 2 rings (SSSR count). The Bertz CT molecular complexity index is 736. The van der Waals surface area contributed by atoms with E-state index in [0.717, 1.165) is 0 Å². The van der Waals surface area contributed by atoms with E-state index < -0.39 is 6.61 Å². The van der Waals surface area contributed by atoms with Crippen molar-refractivity contribution in [2.24, 2.45) is 0 Å². The Morgan fingerprint density at radius 3 is 2.62 bits per heavy atom. The molecule has 0 unspecified atom stereocenters. The zero-order chi connectivity index (χ0) is 18.8. The minimum atomic E-state index is -3.00. The maximum atomic E-state index is 12.6. The maximum Gasteiger partial charge on any atom is 0.387 e. The van der Waals surface area contributed by atoms with Crippen molar-refractivity contribution in [3.05, 3.63) is 60.2 Å². The molecule has 0 atom stereocenters. The molecular formula is C19H19F2NO4. The van der Waals surface area contributed by atoms with Gasteiger partial charge in [-0.1, -0.05) is 30.3 Å².